The van der Waals surface area contributed by atoms with Crippen molar-refractivity contribution in [1.29, 1.82) is 0 Å². The quantitative estimate of drug-likeness (QED) is 0.659. The number of rotatable bonds is 4. The highest BCUT2D eigenvalue weighted by atomic mass is 32.1. The van der Waals surface area contributed by atoms with E-state index in [4.69, 9.17) is 0 Å². The van der Waals surface area contributed by atoms with Gasteiger partial charge in [0.15, 0.2) is 5.13 Å². The van der Waals surface area contributed by atoms with Crippen molar-refractivity contribution in [2.24, 2.45) is 0 Å². The number of carbonyl (C=O) groups is 2. The summed E-state index contributed by atoms with van der Waals surface area (Å²) in [4.78, 5) is 27.3. The van der Waals surface area contributed by atoms with Crippen molar-refractivity contribution in [3.05, 3.63) is 29.4 Å². The van der Waals surface area contributed by atoms with Crippen LogP contribution >= 0.6 is 11.3 Å². The molecule has 1 aliphatic heterocycles. The molecule has 1 fully saturated rings. The number of nitrogens with zero attached hydrogens (tertiary/aromatic N) is 1. The van der Waals surface area contributed by atoms with Gasteiger partial charge in [-0.2, -0.15) is 0 Å². The Morgan fingerprint density at radius 2 is 2.20 bits per heavy atom. The van der Waals surface area contributed by atoms with E-state index in [2.05, 4.69) is 20.9 Å². The highest BCUT2D eigenvalue weighted by molar-refractivity contribution is 7.14. The first-order valence-electron chi connectivity index (χ1n) is 7.67. The number of hydrogen-bond donors (Lipinski definition) is 4. The number of aliphatic hydroxyl groups excluding tert-OH is 1. The van der Waals surface area contributed by atoms with Crippen molar-refractivity contribution in [3.63, 3.8) is 0 Å². The highest BCUT2D eigenvalue weighted by Crippen LogP contribution is 2.29. The molecule has 0 spiro atoms. The molecule has 0 radical (unpaired) electrons. The maximum absolute atomic E-state index is 14.2. The van der Waals surface area contributed by atoms with Gasteiger partial charge in [0.1, 0.15) is 5.82 Å². The summed E-state index contributed by atoms with van der Waals surface area (Å²) < 4.78 is 14.2. The van der Waals surface area contributed by atoms with Crippen LogP contribution in [0.2, 0.25) is 0 Å². The number of anilines is 2. The van der Waals surface area contributed by atoms with E-state index in [1.165, 1.54) is 30.4 Å². The van der Waals surface area contributed by atoms with Crippen LogP contribution in [0.1, 0.15) is 13.3 Å². The molecule has 2 amide bonds. The van der Waals surface area contributed by atoms with Crippen molar-refractivity contribution >= 4 is 34.0 Å². The molecule has 2 atom stereocenters. The van der Waals surface area contributed by atoms with Gasteiger partial charge in [0, 0.05) is 30.1 Å². The van der Waals surface area contributed by atoms with Gasteiger partial charge in [0.25, 0.3) is 0 Å². The molecule has 3 rings (SSSR count). The molecule has 2 heterocycles. The summed E-state index contributed by atoms with van der Waals surface area (Å²) in [6.45, 7) is 1.73. The summed E-state index contributed by atoms with van der Waals surface area (Å²) in [5, 5.41) is 19.5. The molecule has 2 unspecified atom stereocenters. The molecule has 0 saturated carbocycles. The minimum Gasteiger partial charge on any atom is -0.392 e. The molecule has 132 valence electrons. The van der Waals surface area contributed by atoms with Gasteiger partial charge in [-0.25, -0.2) is 9.37 Å². The van der Waals surface area contributed by atoms with E-state index in [1.54, 1.807) is 11.4 Å². The van der Waals surface area contributed by atoms with Crippen LogP contribution in [0.5, 0.6) is 0 Å². The number of carbonyl (C=O) groups excluding carboxylic acids is 2. The number of amides is 2. The third kappa shape index (κ3) is 4.19. The fraction of sp³-hybridized carbons (Fsp3) is 0.312. The van der Waals surface area contributed by atoms with Crippen LogP contribution in [0.15, 0.2) is 23.6 Å². The lowest BCUT2D eigenvalue weighted by atomic mass is 10.1. The van der Waals surface area contributed by atoms with E-state index in [1.807, 2.05) is 0 Å². The van der Waals surface area contributed by atoms with Gasteiger partial charge in [-0.15, -0.1) is 11.3 Å². The van der Waals surface area contributed by atoms with E-state index < -0.39 is 18.0 Å². The lowest BCUT2D eigenvalue weighted by Crippen LogP contribution is -2.35. The van der Waals surface area contributed by atoms with Gasteiger partial charge in [-0.1, -0.05) is 0 Å². The minimum atomic E-state index is -0.529. The van der Waals surface area contributed by atoms with Crippen molar-refractivity contribution in [2.75, 3.05) is 17.2 Å². The van der Waals surface area contributed by atoms with Gasteiger partial charge in [0.2, 0.25) is 11.8 Å². The smallest absolute Gasteiger partial charge is 0.243 e. The lowest BCUT2D eigenvalue weighted by molar-refractivity contribution is -0.118. The van der Waals surface area contributed by atoms with E-state index in [0.29, 0.717) is 29.5 Å². The van der Waals surface area contributed by atoms with Crippen molar-refractivity contribution in [2.45, 2.75) is 25.5 Å². The summed E-state index contributed by atoms with van der Waals surface area (Å²) in [5.74, 6) is -1.08. The van der Waals surface area contributed by atoms with Gasteiger partial charge in [-0.05, 0) is 24.6 Å². The topological polar surface area (TPSA) is 103 Å². The Balaban J connectivity index is 1.71. The molecular weight excluding hydrogens is 347 g/mol. The predicted octanol–water partition coefficient (Wildman–Crippen LogP) is 1.57. The fourth-order valence-electron chi connectivity index (χ4n) is 2.57. The van der Waals surface area contributed by atoms with Crippen molar-refractivity contribution < 1.29 is 19.1 Å². The number of thiazole rings is 1. The Hall–Kier alpha value is -2.36. The predicted molar refractivity (Wildman–Crippen MR) is 92.9 cm³/mol. The van der Waals surface area contributed by atoms with Gasteiger partial charge >= 0.3 is 0 Å². The van der Waals surface area contributed by atoms with Crippen LogP contribution in [0.3, 0.4) is 0 Å². The second-order valence-corrected chi connectivity index (χ2v) is 6.61. The van der Waals surface area contributed by atoms with Crippen LogP contribution in [0.4, 0.5) is 15.2 Å². The number of nitrogens with one attached hydrogen (secondary N) is 3. The molecule has 1 saturated heterocycles. The maximum atomic E-state index is 14.2. The molecule has 25 heavy (non-hydrogen) atoms. The average molecular weight is 364 g/mol. The average Bonchev–Trinajstić information content (AvgIpc) is 3.16. The SMILES string of the molecule is CC(=O)Nc1ccc(-c2csc(NC(=O)C3CC(O)CN3)n2)c(F)c1. The molecule has 1 aliphatic rings. The lowest BCUT2D eigenvalue weighted by Gasteiger charge is -2.08. The third-order valence-corrected chi connectivity index (χ3v) is 4.48. The fourth-order valence-corrected chi connectivity index (χ4v) is 3.28. The molecule has 0 bridgehead atoms. The van der Waals surface area contributed by atoms with E-state index in [0.717, 1.165) is 0 Å². The summed E-state index contributed by atoms with van der Waals surface area (Å²) in [7, 11) is 0. The maximum Gasteiger partial charge on any atom is 0.243 e. The molecule has 9 heteroatoms. The van der Waals surface area contributed by atoms with Crippen LogP contribution < -0.4 is 16.0 Å². The van der Waals surface area contributed by atoms with Crippen LogP contribution in [0.25, 0.3) is 11.3 Å². The zero-order chi connectivity index (χ0) is 18.0. The van der Waals surface area contributed by atoms with Gasteiger partial charge in [0.05, 0.1) is 17.8 Å². The first-order valence-corrected chi connectivity index (χ1v) is 8.55. The zero-order valence-corrected chi connectivity index (χ0v) is 14.2. The number of hydrogen-bond acceptors (Lipinski definition) is 6. The minimum absolute atomic E-state index is 0.278. The van der Waals surface area contributed by atoms with Crippen LogP contribution in [-0.2, 0) is 9.59 Å². The monoisotopic (exact) mass is 364 g/mol. The molecule has 0 aliphatic carbocycles. The molecule has 1 aromatic heterocycles. The van der Waals surface area contributed by atoms with E-state index in [-0.39, 0.29) is 17.4 Å². The van der Waals surface area contributed by atoms with Crippen molar-refractivity contribution in [1.82, 2.24) is 10.3 Å². The Kier molecular flexibility index (Phi) is 5.07. The zero-order valence-electron chi connectivity index (χ0n) is 13.4. The Morgan fingerprint density at radius 3 is 2.84 bits per heavy atom. The Bertz CT molecular complexity index is 810. The largest absolute Gasteiger partial charge is 0.392 e. The molecular formula is C16H17FN4O3S. The second kappa shape index (κ2) is 7.26. The normalized spacial score (nSPS) is 19.6. The van der Waals surface area contributed by atoms with Gasteiger partial charge < -0.3 is 21.1 Å². The molecule has 4 N–H and O–H groups in total. The molecule has 1 aromatic carbocycles. The Morgan fingerprint density at radius 1 is 1.40 bits per heavy atom. The summed E-state index contributed by atoms with van der Waals surface area (Å²) >= 11 is 1.19. The first kappa shape index (κ1) is 17.5. The number of aromatic nitrogens is 1. The van der Waals surface area contributed by atoms with Crippen LogP contribution in [0, 0.1) is 5.82 Å². The standard InChI is InChI=1S/C16H17FN4O3S/c1-8(22)19-9-2-3-11(12(17)4-9)14-7-25-16(20-14)21-15(24)13-5-10(23)6-18-13/h2-4,7,10,13,18,23H,5-6H2,1H3,(H,19,22)(H,20,21,24). The van der Waals surface area contributed by atoms with E-state index in [9.17, 15) is 19.1 Å². The van der Waals surface area contributed by atoms with Crippen molar-refractivity contribution in [3.8, 4) is 11.3 Å². The van der Waals surface area contributed by atoms with Gasteiger partial charge in [-0.3, -0.25) is 9.59 Å². The number of aliphatic hydroxyl groups is 1. The number of benzene rings is 1. The first-order chi connectivity index (χ1) is 11.9. The summed E-state index contributed by atoms with van der Waals surface area (Å²) in [6.07, 6.45) is -0.178. The highest BCUT2D eigenvalue weighted by Gasteiger charge is 2.28. The van der Waals surface area contributed by atoms with E-state index >= 15 is 0 Å². The molecule has 2 aromatic rings. The number of halogens is 1. The molecule has 7 nitrogen and oxygen atoms in total. The second-order valence-electron chi connectivity index (χ2n) is 5.75. The summed E-state index contributed by atoms with van der Waals surface area (Å²) in [6, 6.07) is 3.87. The Labute approximate surface area is 147 Å². The summed E-state index contributed by atoms with van der Waals surface area (Å²) in [5.41, 5.74) is 1.04. The number of β-amino-alcohol motifs (C(OH)–C–C–N with tert-alkyl or cyclic N) is 1. The third-order valence-electron chi connectivity index (χ3n) is 3.72. The van der Waals surface area contributed by atoms with Crippen LogP contribution in [-0.4, -0.2) is 40.6 Å².